The quantitative estimate of drug-likeness (QED) is 0.483. The van der Waals surface area contributed by atoms with Crippen LogP contribution in [0.2, 0.25) is 0 Å². The molecular formula is C8H12O. The molecule has 1 saturated heterocycles. The summed E-state index contributed by atoms with van der Waals surface area (Å²) in [5.41, 5.74) is 0.713. The third-order valence-electron chi connectivity index (χ3n) is 3.81. The zero-order valence-corrected chi connectivity index (χ0v) is 5.76. The van der Waals surface area contributed by atoms with E-state index in [4.69, 9.17) is 4.74 Å². The molecule has 0 radical (unpaired) electrons. The van der Waals surface area contributed by atoms with Crippen molar-refractivity contribution in [1.82, 2.24) is 0 Å². The van der Waals surface area contributed by atoms with Gasteiger partial charge in [0.25, 0.3) is 0 Å². The first-order valence-corrected chi connectivity index (χ1v) is 4.04. The van der Waals surface area contributed by atoms with Gasteiger partial charge in [-0.1, -0.05) is 6.92 Å². The summed E-state index contributed by atoms with van der Waals surface area (Å²) in [6.45, 7) is 2.31. The highest BCUT2D eigenvalue weighted by Crippen LogP contribution is 2.72. The molecule has 3 rings (SSSR count). The van der Waals surface area contributed by atoms with Crippen LogP contribution in [0.15, 0.2) is 0 Å². The van der Waals surface area contributed by atoms with Crippen molar-refractivity contribution in [2.24, 2.45) is 11.3 Å². The van der Waals surface area contributed by atoms with Gasteiger partial charge in [0.1, 0.15) is 0 Å². The van der Waals surface area contributed by atoms with Gasteiger partial charge < -0.3 is 4.74 Å². The molecule has 0 amide bonds. The van der Waals surface area contributed by atoms with Crippen molar-refractivity contribution < 1.29 is 4.74 Å². The van der Waals surface area contributed by atoms with Gasteiger partial charge in [-0.25, -0.2) is 0 Å². The van der Waals surface area contributed by atoms with Crippen molar-refractivity contribution in [2.75, 3.05) is 0 Å². The highest BCUT2D eigenvalue weighted by molar-refractivity contribution is 5.23. The number of ether oxygens (including phenoxy) is 1. The van der Waals surface area contributed by atoms with Crippen LogP contribution in [-0.2, 0) is 4.74 Å². The Kier molecular flexibility index (Phi) is 0.563. The summed E-state index contributed by atoms with van der Waals surface area (Å²) < 4.78 is 5.51. The molecule has 2 saturated carbocycles. The Morgan fingerprint density at radius 1 is 1.67 bits per heavy atom. The van der Waals surface area contributed by atoms with E-state index < -0.39 is 0 Å². The first kappa shape index (κ1) is 4.73. The van der Waals surface area contributed by atoms with Crippen molar-refractivity contribution in [2.45, 2.75) is 38.4 Å². The van der Waals surface area contributed by atoms with Crippen LogP contribution in [0, 0.1) is 11.3 Å². The molecule has 1 nitrogen and oxygen atoms in total. The summed E-state index contributed by atoms with van der Waals surface area (Å²) in [7, 11) is 0. The third kappa shape index (κ3) is 0.295. The molecule has 3 fully saturated rings. The van der Waals surface area contributed by atoms with E-state index in [2.05, 4.69) is 6.92 Å². The van der Waals surface area contributed by atoms with Gasteiger partial charge in [-0.15, -0.1) is 0 Å². The first-order valence-electron chi connectivity index (χ1n) is 4.04. The maximum Gasteiger partial charge on any atom is 0.0904 e. The lowest BCUT2D eigenvalue weighted by Gasteiger charge is -2.54. The minimum Gasteiger partial charge on any atom is -0.369 e. The Bertz CT molecular complexity index is 162. The SMILES string of the molecule is CCC12CCC1C1OC12. The summed E-state index contributed by atoms with van der Waals surface area (Å²) >= 11 is 0. The highest BCUT2D eigenvalue weighted by atomic mass is 16.6. The fourth-order valence-electron chi connectivity index (χ4n) is 2.94. The summed E-state index contributed by atoms with van der Waals surface area (Å²) in [6.07, 6.45) is 5.73. The van der Waals surface area contributed by atoms with E-state index in [1.807, 2.05) is 0 Å². The second-order valence-electron chi connectivity index (χ2n) is 3.75. The van der Waals surface area contributed by atoms with Gasteiger partial charge >= 0.3 is 0 Å². The van der Waals surface area contributed by atoms with Crippen molar-refractivity contribution in [3.05, 3.63) is 0 Å². The lowest BCUT2D eigenvalue weighted by Crippen LogP contribution is -2.56. The Hall–Kier alpha value is -0.0400. The standard InChI is InChI=1S/C8H12O/c1-2-8-4-3-5(8)6-7(8)9-6/h5-7H,2-4H2,1H3. The number of epoxide rings is 1. The predicted molar refractivity (Wildman–Crippen MR) is 34.1 cm³/mol. The molecule has 50 valence electrons. The van der Waals surface area contributed by atoms with Gasteiger partial charge in [-0.05, 0) is 25.2 Å². The Morgan fingerprint density at radius 2 is 2.56 bits per heavy atom. The van der Waals surface area contributed by atoms with Crippen molar-refractivity contribution >= 4 is 0 Å². The van der Waals surface area contributed by atoms with Gasteiger partial charge in [0.15, 0.2) is 0 Å². The molecule has 9 heavy (non-hydrogen) atoms. The van der Waals surface area contributed by atoms with Crippen molar-refractivity contribution in [3.8, 4) is 0 Å². The van der Waals surface area contributed by atoms with Crippen LogP contribution in [0.4, 0.5) is 0 Å². The van der Waals surface area contributed by atoms with Crippen LogP contribution >= 0.6 is 0 Å². The average Bonchev–Trinajstić information content (AvgIpc) is 2.46. The van der Waals surface area contributed by atoms with Crippen LogP contribution < -0.4 is 0 Å². The number of fused-ring (bicyclic) bond motifs is 4. The van der Waals surface area contributed by atoms with E-state index in [9.17, 15) is 0 Å². The molecule has 0 aromatic rings. The highest BCUT2D eigenvalue weighted by Gasteiger charge is 2.76. The number of hydrogen-bond acceptors (Lipinski definition) is 1. The van der Waals surface area contributed by atoms with Crippen LogP contribution in [0.25, 0.3) is 0 Å². The van der Waals surface area contributed by atoms with E-state index >= 15 is 0 Å². The van der Waals surface area contributed by atoms with Gasteiger partial charge in [-0.2, -0.15) is 0 Å². The Balaban J connectivity index is 1.93. The second-order valence-corrected chi connectivity index (χ2v) is 3.75. The molecule has 0 aromatic heterocycles. The van der Waals surface area contributed by atoms with E-state index in [1.165, 1.54) is 19.3 Å². The summed E-state index contributed by atoms with van der Waals surface area (Å²) in [6, 6.07) is 0. The van der Waals surface area contributed by atoms with Crippen molar-refractivity contribution in [1.29, 1.82) is 0 Å². The number of hydrogen-bond donors (Lipinski definition) is 0. The van der Waals surface area contributed by atoms with Gasteiger partial charge in [0, 0.05) is 5.41 Å². The molecule has 1 aliphatic heterocycles. The minimum absolute atomic E-state index is 0.713. The zero-order valence-electron chi connectivity index (χ0n) is 5.76. The van der Waals surface area contributed by atoms with Crippen LogP contribution in [-0.4, -0.2) is 12.2 Å². The normalized spacial score (nSPS) is 67.0. The largest absolute Gasteiger partial charge is 0.369 e. The van der Waals surface area contributed by atoms with Gasteiger partial charge in [-0.3, -0.25) is 0 Å². The number of rotatable bonds is 1. The minimum atomic E-state index is 0.713. The molecule has 3 aliphatic rings. The molecule has 4 unspecified atom stereocenters. The van der Waals surface area contributed by atoms with E-state index in [0.717, 1.165) is 18.1 Å². The maximum absolute atomic E-state index is 5.51. The topological polar surface area (TPSA) is 12.5 Å². The zero-order chi connectivity index (χ0) is 6.06. The van der Waals surface area contributed by atoms with Crippen LogP contribution in [0.5, 0.6) is 0 Å². The smallest absolute Gasteiger partial charge is 0.0904 e. The average molecular weight is 124 g/mol. The maximum atomic E-state index is 5.51. The fraction of sp³-hybridized carbons (Fsp3) is 1.00. The monoisotopic (exact) mass is 124 g/mol. The molecular weight excluding hydrogens is 112 g/mol. The van der Waals surface area contributed by atoms with Gasteiger partial charge in [0.2, 0.25) is 0 Å². The van der Waals surface area contributed by atoms with Crippen molar-refractivity contribution in [3.63, 3.8) is 0 Å². The molecule has 0 bridgehead atoms. The molecule has 0 spiro atoms. The molecule has 0 N–H and O–H groups in total. The van der Waals surface area contributed by atoms with Crippen LogP contribution in [0.1, 0.15) is 26.2 Å². The summed E-state index contributed by atoms with van der Waals surface area (Å²) in [5, 5.41) is 0. The van der Waals surface area contributed by atoms with E-state index in [1.54, 1.807) is 0 Å². The predicted octanol–water partition coefficient (Wildman–Crippen LogP) is 1.57. The molecule has 1 heteroatoms. The summed E-state index contributed by atoms with van der Waals surface area (Å²) in [5.74, 6) is 0.993. The second kappa shape index (κ2) is 1.07. The van der Waals surface area contributed by atoms with Gasteiger partial charge in [0.05, 0.1) is 12.2 Å². The first-order chi connectivity index (χ1) is 4.38. The molecule has 2 aliphatic carbocycles. The van der Waals surface area contributed by atoms with Crippen LogP contribution in [0.3, 0.4) is 0 Å². The lowest BCUT2D eigenvalue weighted by molar-refractivity contribution is -0.0355. The van der Waals surface area contributed by atoms with E-state index in [-0.39, 0.29) is 0 Å². The molecule has 0 aromatic carbocycles. The summed E-state index contributed by atoms with van der Waals surface area (Å²) in [4.78, 5) is 0. The molecule has 4 atom stereocenters. The lowest BCUT2D eigenvalue weighted by atomic mass is 9.47. The Labute approximate surface area is 55.4 Å². The third-order valence-corrected chi connectivity index (χ3v) is 3.81. The molecule has 1 heterocycles. The Morgan fingerprint density at radius 3 is 2.89 bits per heavy atom. The van der Waals surface area contributed by atoms with E-state index in [0.29, 0.717) is 5.41 Å². The fourth-order valence-corrected chi connectivity index (χ4v) is 2.94.